The summed E-state index contributed by atoms with van der Waals surface area (Å²) in [4.78, 5) is 0. The zero-order chi connectivity index (χ0) is 15.6. The molecule has 0 amide bonds. The molecule has 112 valence electrons. The van der Waals surface area contributed by atoms with E-state index in [0.29, 0.717) is 16.5 Å². The summed E-state index contributed by atoms with van der Waals surface area (Å²) in [6.07, 6.45) is 0.298. The second kappa shape index (κ2) is 6.81. The Balaban J connectivity index is 2.36. The van der Waals surface area contributed by atoms with Crippen LogP contribution in [0.5, 0.6) is 0 Å². The van der Waals surface area contributed by atoms with E-state index in [9.17, 15) is 13.2 Å². The Labute approximate surface area is 134 Å². The van der Waals surface area contributed by atoms with Crippen LogP contribution in [-0.4, -0.2) is 7.05 Å². The van der Waals surface area contributed by atoms with Crippen molar-refractivity contribution in [1.82, 2.24) is 5.32 Å². The van der Waals surface area contributed by atoms with E-state index in [1.54, 1.807) is 13.1 Å². The Morgan fingerprint density at radius 3 is 2.52 bits per heavy atom. The predicted octanol–water partition coefficient (Wildman–Crippen LogP) is 5.02. The molecule has 21 heavy (non-hydrogen) atoms. The van der Waals surface area contributed by atoms with Crippen molar-refractivity contribution in [3.8, 4) is 0 Å². The Hall–Kier alpha value is -1.04. The third-order valence-corrected chi connectivity index (χ3v) is 4.26. The maximum Gasteiger partial charge on any atom is 0.142 e. The van der Waals surface area contributed by atoms with Crippen molar-refractivity contribution in [2.24, 2.45) is 0 Å². The van der Waals surface area contributed by atoms with E-state index >= 15 is 0 Å². The highest BCUT2D eigenvalue weighted by atomic mass is 79.9. The molecule has 1 nitrogen and oxygen atoms in total. The smallest absolute Gasteiger partial charge is 0.142 e. The van der Waals surface area contributed by atoms with E-state index in [1.165, 1.54) is 12.1 Å². The van der Waals surface area contributed by atoms with Crippen LogP contribution in [0.15, 0.2) is 34.8 Å². The summed E-state index contributed by atoms with van der Waals surface area (Å²) >= 11 is 8.87. The zero-order valence-electron chi connectivity index (χ0n) is 11.1. The Morgan fingerprint density at radius 1 is 1.14 bits per heavy atom. The van der Waals surface area contributed by atoms with E-state index in [1.807, 2.05) is 0 Å². The summed E-state index contributed by atoms with van der Waals surface area (Å²) in [6.45, 7) is 0. The van der Waals surface area contributed by atoms with Crippen LogP contribution in [0, 0.1) is 17.5 Å². The fourth-order valence-corrected chi connectivity index (χ4v) is 2.65. The molecule has 0 aliphatic carbocycles. The average Bonchev–Trinajstić information content (AvgIpc) is 2.44. The molecule has 0 aromatic heterocycles. The molecule has 6 heteroatoms. The molecule has 0 saturated heterocycles. The van der Waals surface area contributed by atoms with Crippen LogP contribution in [0.1, 0.15) is 17.2 Å². The summed E-state index contributed by atoms with van der Waals surface area (Å²) in [5.74, 6) is -1.68. The number of rotatable bonds is 4. The molecular formula is C15H12BrClF3N. The fraction of sp³-hybridized carbons (Fsp3) is 0.200. The van der Waals surface area contributed by atoms with E-state index < -0.39 is 17.7 Å². The molecule has 0 radical (unpaired) electrons. The van der Waals surface area contributed by atoms with Crippen molar-refractivity contribution in [3.05, 3.63) is 68.4 Å². The van der Waals surface area contributed by atoms with Crippen LogP contribution in [0.2, 0.25) is 5.02 Å². The first-order chi connectivity index (χ1) is 9.92. The molecule has 2 aromatic carbocycles. The fourth-order valence-electron chi connectivity index (χ4n) is 2.09. The minimum atomic E-state index is -0.688. The maximum absolute atomic E-state index is 14.0. The van der Waals surface area contributed by atoms with Gasteiger partial charge in [-0.05, 0) is 49.4 Å². The van der Waals surface area contributed by atoms with Crippen LogP contribution in [-0.2, 0) is 6.42 Å². The van der Waals surface area contributed by atoms with Gasteiger partial charge in [-0.2, -0.15) is 0 Å². The van der Waals surface area contributed by atoms with Crippen molar-refractivity contribution < 1.29 is 13.2 Å². The molecule has 1 atom stereocenters. The normalized spacial score (nSPS) is 12.5. The molecule has 0 aliphatic rings. The largest absolute Gasteiger partial charge is 0.313 e. The van der Waals surface area contributed by atoms with Gasteiger partial charge in [-0.1, -0.05) is 27.5 Å². The number of hydrogen-bond donors (Lipinski definition) is 1. The van der Waals surface area contributed by atoms with Gasteiger partial charge in [-0.3, -0.25) is 0 Å². The van der Waals surface area contributed by atoms with Crippen molar-refractivity contribution in [3.63, 3.8) is 0 Å². The molecule has 0 heterocycles. The highest BCUT2D eigenvalue weighted by Crippen LogP contribution is 2.28. The van der Waals surface area contributed by atoms with Gasteiger partial charge in [0.2, 0.25) is 0 Å². The summed E-state index contributed by atoms with van der Waals surface area (Å²) in [6, 6.07) is 5.76. The quantitative estimate of drug-likeness (QED) is 0.736. The van der Waals surface area contributed by atoms with Crippen molar-refractivity contribution in [2.75, 3.05) is 7.05 Å². The lowest BCUT2D eigenvalue weighted by Gasteiger charge is -2.19. The van der Waals surface area contributed by atoms with E-state index in [-0.39, 0.29) is 16.4 Å². The highest BCUT2D eigenvalue weighted by molar-refractivity contribution is 9.10. The topological polar surface area (TPSA) is 12.0 Å². The molecule has 1 N–H and O–H groups in total. The SMILES string of the molecule is CNC(Cc1cc(F)ccc1Br)c1cc(F)c(Cl)cc1F. The number of likely N-dealkylation sites (N-methyl/N-ethyl adjacent to an activating group) is 1. The number of benzene rings is 2. The van der Waals surface area contributed by atoms with Crippen LogP contribution < -0.4 is 5.32 Å². The number of hydrogen-bond acceptors (Lipinski definition) is 1. The molecule has 0 bridgehead atoms. The highest BCUT2D eigenvalue weighted by Gasteiger charge is 2.18. The van der Waals surface area contributed by atoms with Gasteiger partial charge in [0.15, 0.2) is 0 Å². The standard InChI is InChI=1S/C15H12BrClF3N/c1-21-15(5-8-4-9(18)2-3-11(8)16)10-6-14(20)12(17)7-13(10)19/h2-4,6-7,15,21H,5H2,1H3. The monoisotopic (exact) mass is 377 g/mol. The predicted molar refractivity (Wildman–Crippen MR) is 81.0 cm³/mol. The zero-order valence-corrected chi connectivity index (χ0v) is 13.4. The van der Waals surface area contributed by atoms with Gasteiger partial charge in [0.1, 0.15) is 17.5 Å². The van der Waals surface area contributed by atoms with Crippen LogP contribution in [0.25, 0.3) is 0 Å². The molecule has 0 spiro atoms. The summed E-state index contributed by atoms with van der Waals surface area (Å²) in [5, 5.41) is 2.64. The Kier molecular flexibility index (Phi) is 5.30. The lowest BCUT2D eigenvalue weighted by atomic mass is 9.98. The van der Waals surface area contributed by atoms with E-state index in [2.05, 4.69) is 21.2 Å². The van der Waals surface area contributed by atoms with E-state index in [4.69, 9.17) is 11.6 Å². The molecule has 1 unspecified atom stereocenters. The van der Waals surface area contributed by atoms with Gasteiger partial charge < -0.3 is 5.32 Å². The van der Waals surface area contributed by atoms with Gasteiger partial charge >= 0.3 is 0 Å². The van der Waals surface area contributed by atoms with Gasteiger partial charge in [-0.15, -0.1) is 0 Å². The third-order valence-electron chi connectivity index (χ3n) is 3.20. The Bertz CT molecular complexity index is 664. The first kappa shape index (κ1) is 16.3. The van der Waals surface area contributed by atoms with Crippen molar-refractivity contribution >= 4 is 27.5 Å². The number of nitrogens with one attached hydrogen (secondary N) is 1. The molecule has 0 saturated carbocycles. The van der Waals surface area contributed by atoms with Crippen molar-refractivity contribution in [2.45, 2.75) is 12.5 Å². The first-order valence-corrected chi connectivity index (χ1v) is 7.35. The minimum absolute atomic E-state index is 0.149. The van der Waals surface area contributed by atoms with Gasteiger partial charge in [0, 0.05) is 16.1 Å². The summed E-state index contributed by atoms with van der Waals surface area (Å²) in [5.41, 5.74) is 0.805. The molecule has 2 aromatic rings. The Morgan fingerprint density at radius 2 is 1.86 bits per heavy atom. The van der Waals surface area contributed by atoms with E-state index in [0.717, 1.165) is 12.1 Å². The first-order valence-electron chi connectivity index (χ1n) is 6.18. The second-order valence-corrected chi connectivity index (χ2v) is 5.83. The molecule has 0 aliphatic heterocycles. The van der Waals surface area contributed by atoms with Gasteiger partial charge in [0.25, 0.3) is 0 Å². The molecule has 2 rings (SSSR count). The maximum atomic E-state index is 14.0. The molecular weight excluding hydrogens is 367 g/mol. The molecule has 0 fully saturated rings. The lowest BCUT2D eigenvalue weighted by molar-refractivity contribution is 0.521. The third kappa shape index (κ3) is 3.78. The van der Waals surface area contributed by atoms with Gasteiger partial charge in [-0.25, -0.2) is 13.2 Å². The summed E-state index contributed by atoms with van der Waals surface area (Å²) < 4.78 is 41.5. The minimum Gasteiger partial charge on any atom is -0.313 e. The van der Waals surface area contributed by atoms with Crippen LogP contribution in [0.4, 0.5) is 13.2 Å². The summed E-state index contributed by atoms with van der Waals surface area (Å²) in [7, 11) is 1.63. The second-order valence-electron chi connectivity index (χ2n) is 4.57. The van der Waals surface area contributed by atoms with Crippen molar-refractivity contribution in [1.29, 1.82) is 0 Å². The van der Waals surface area contributed by atoms with Crippen LogP contribution in [0.3, 0.4) is 0 Å². The van der Waals surface area contributed by atoms with Crippen LogP contribution >= 0.6 is 27.5 Å². The lowest BCUT2D eigenvalue weighted by Crippen LogP contribution is -2.20. The average molecular weight is 379 g/mol. The van der Waals surface area contributed by atoms with Gasteiger partial charge in [0.05, 0.1) is 5.02 Å². The number of halogens is 5.